The molecule has 2 unspecified atom stereocenters. The van der Waals surface area contributed by atoms with Crippen LogP contribution in [0.3, 0.4) is 0 Å². The number of allylic oxidation sites excluding steroid dienone is 2. The Morgan fingerprint density at radius 1 is 1.37 bits per heavy atom. The summed E-state index contributed by atoms with van der Waals surface area (Å²) < 4.78 is 0. The lowest BCUT2D eigenvalue weighted by Gasteiger charge is -2.39. The second-order valence-electron chi connectivity index (χ2n) is 7.30. The SMILES string of the molecule is CCC(N[C@@H]1C=C(C(=O)O)C[C@H](N=C(N)N)[C@H]1NC(C)=O)C1CC=CCC1. The van der Waals surface area contributed by atoms with Gasteiger partial charge in [-0.2, -0.15) is 0 Å². The minimum Gasteiger partial charge on any atom is -0.478 e. The van der Waals surface area contributed by atoms with Crippen LogP contribution in [-0.2, 0) is 9.59 Å². The molecule has 2 aliphatic carbocycles. The van der Waals surface area contributed by atoms with Gasteiger partial charge in [-0.1, -0.05) is 25.2 Å². The Balaban J connectivity index is 2.31. The van der Waals surface area contributed by atoms with Gasteiger partial charge in [0.15, 0.2) is 5.96 Å². The maximum atomic E-state index is 11.8. The number of carbonyl (C=O) groups is 2. The molecule has 150 valence electrons. The van der Waals surface area contributed by atoms with Gasteiger partial charge in [0.05, 0.1) is 12.1 Å². The predicted molar refractivity (Wildman–Crippen MR) is 105 cm³/mol. The van der Waals surface area contributed by atoms with E-state index in [1.54, 1.807) is 6.08 Å². The Labute approximate surface area is 160 Å². The van der Waals surface area contributed by atoms with Gasteiger partial charge in [0.25, 0.3) is 0 Å². The summed E-state index contributed by atoms with van der Waals surface area (Å²) in [4.78, 5) is 27.6. The maximum absolute atomic E-state index is 11.8. The van der Waals surface area contributed by atoms with Gasteiger partial charge in [0.1, 0.15) is 0 Å². The lowest BCUT2D eigenvalue weighted by molar-refractivity contribution is -0.133. The van der Waals surface area contributed by atoms with Crippen LogP contribution < -0.4 is 22.1 Å². The highest BCUT2D eigenvalue weighted by atomic mass is 16.4. The number of aliphatic carboxylic acids is 1. The summed E-state index contributed by atoms with van der Waals surface area (Å²) in [7, 11) is 0. The fourth-order valence-corrected chi connectivity index (χ4v) is 4.05. The molecule has 0 bridgehead atoms. The highest BCUT2D eigenvalue weighted by molar-refractivity contribution is 5.87. The molecule has 8 heteroatoms. The largest absolute Gasteiger partial charge is 0.478 e. The molecular weight excluding hydrogens is 346 g/mol. The van der Waals surface area contributed by atoms with Gasteiger partial charge in [-0.25, -0.2) is 9.79 Å². The van der Waals surface area contributed by atoms with Crippen molar-refractivity contribution in [2.75, 3.05) is 0 Å². The molecule has 0 aromatic heterocycles. The van der Waals surface area contributed by atoms with Crippen molar-refractivity contribution in [3.05, 3.63) is 23.8 Å². The molecule has 0 aromatic carbocycles. The van der Waals surface area contributed by atoms with Crippen molar-refractivity contribution < 1.29 is 14.7 Å². The van der Waals surface area contributed by atoms with Gasteiger partial charge < -0.3 is 27.2 Å². The van der Waals surface area contributed by atoms with Crippen LogP contribution >= 0.6 is 0 Å². The van der Waals surface area contributed by atoms with Crippen LogP contribution in [0.4, 0.5) is 0 Å². The molecule has 0 radical (unpaired) electrons. The standard InChI is InChI=1S/C19H31N5O3/c1-3-14(12-7-5-4-6-8-12)23-15-9-13(18(26)27)10-16(24-19(20)21)17(15)22-11(2)25/h4-5,9,12,14-17,23H,3,6-8,10H2,1-2H3,(H,22,25)(H,26,27)(H4,20,21,24)/t12?,14?,15-,16+,17+/m1/s1. The third-order valence-corrected chi connectivity index (χ3v) is 5.30. The van der Waals surface area contributed by atoms with Gasteiger partial charge in [-0.05, 0) is 31.6 Å². The number of hydrogen-bond donors (Lipinski definition) is 5. The number of amides is 1. The molecule has 0 spiro atoms. The molecular formula is C19H31N5O3. The van der Waals surface area contributed by atoms with E-state index in [2.05, 4.69) is 34.7 Å². The number of rotatable bonds is 7. The molecule has 27 heavy (non-hydrogen) atoms. The quantitative estimate of drug-likeness (QED) is 0.250. The fourth-order valence-electron chi connectivity index (χ4n) is 4.05. The number of carboxylic acids is 1. The molecule has 2 aliphatic rings. The summed E-state index contributed by atoms with van der Waals surface area (Å²) in [6, 6.07) is -1.10. The van der Waals surface area contributed by atoms with Crippen LogP contribution in [0.15, 0.2) is 28.8 Å². The molecule has 0 fully saturated rings. The second kappa shape index (κ2) is 9.55. The average Bonchev–Trinajstić information content (AvgIpc) is 2.61. The number of carboxylic acid groups (broad SMARTS) is 1. The summed E-state index contributed by atoms with van der Waals surface area (Å²) in [6.45, 7) is 3.55. The van der Waals surface area contributed by atoms with Crippen molar-refractivity contribution in [3.63, 3.8) is 0 Å². The Kier molecular flexibility index (Phi) is 7.41. The summed E-state index contributed by atoms with van der Waals surface area (Å²) in [5.74, 6) is -0.843. The van der Waals surface area contributed by atoms with E-state index in [1.807, 2.05) is 0 Å². The first-order valence-corrected chi connectivity index (χ1v) is 9.52. The number of aliphatic imine (C=N–C) groups is 1. The van der Waals surface area contributed by atoms with Crippen molar-refractivity contribution in [1.82, 2.24) is 10.6 Å². The van der Waals surface area contributed by atoms with Gasteiger partial charge in [-0.15, -0.1) is 0 Å². The zero-order valence-corrected chi connectivity index (χ0v) is 16.0. The highest BCUT2D eigenvalue weighted by Crippen LogP contribution is 2.27. The van der Waals surface area contributed by atoms with Crippen molar-refractivity contribution in [1.29, 1.82) is 0 Å². The van der Waals surface area contributed by atoms with Crippen LogP contribution in [0.2, 0.25) is 0 Å². The molecule has 5 atom stereocenters. The zero-order chi connectivity index (χ0) is 20.0. The number of hydrogen-bond acceptors (Lipinski definition) is 4. The first-order valence-electron chi connectivity index (χ1n) is 9.52. The average molecular weight is 377 g/mol. The van der Waals surface area contributed by atoms with Gasteiger partial charge in [0, 0.05) is 31.0 Å². The number of guanidine groups is 1. The molecule has 8 nitrogen and oxygen atoms in total. The molecule has 1 amide bonds. The van der Waals surface area contributed by atoms with Crippen LogP contribution in [0.1, 0.15) is 46.0 Å². The van der Waals surface area contributed by atoms with Crippen LogP contribution in [0, 0.1) is 5.92 Å². The number of carbonyl (C=O) groups excluding carboxylic acids is 1. The minimum atomic E-state index is -0.993. The zero-order valence-electron chi connectivity index (χ0n) is 16.0. The van der Waals surface area contributed by atoms with Crippen molar-refractivity contribution in [2.45, 2.75) is 70.1 Å². The van der Waals surface area contributed by atoms with Gasteiger partial charge in [-0.3, -0.25) is 4.79 Å². The Morgan fingerprint density at radius 2 is 2.11 bits per heavy atom. The Bertz CT molecular complexity index is 639. The summed E-state index contributed by atoms with van der Waals surface area (Å²) in [6.07, 6.45) is 10.3. The Hall–Kier alpha value is -2.35. The first kappa shape index (κ1) is 21.0. The van der Waals surface area contributed by atoms with Crippen LogP contribution in [0.25, 0.3) is 0 Å². The van der Waals surface area contributed by atoms with E-state index in [0.717, 1.165) is 25.7 Å². The maximum Gasteiger partial charge on any atom is 0.331 e. The van der Waals surface area contributed by atoms with Crippen molar-refractivity contribution in [3.8, 4) is 0 Å². The van der Waals surface area contributed by atoms with E-state index in [0.29, 0.717) is 5.92 Å². The molecule has 7 N–H and O–H groups in total. The summed E-state index contributed by atoms with van der Waals surface area (Å²) >= 11 is 0. The van der Waals surface area contributed by atoms with Crippen molar-refractivity contribution >= 4 is 17.8 Å². The van der Waals surface area contributed by atoms with Gasteiger partial charge >= 0.3 is 5.97 Å². The summed E-state index contributed by atoms with van der Waals surface area (Å²) in [5, 5.41) is 16.0. The lowest BCUT2D eigenvalue weighted by Crippen LogP contribution is -2.59. The Morgan fingerprint density at radius 3 is 2.63 bits per heavy atom. The summed E-state index contributed by atoms with van der Waals surface area (Å²) in [5.41, 5.74) is 11.3. The van der Waals surface area contributed by atoms with E-state index in [-0.39, 0.29) is 35.9 Å². The minimum absolute atomic E-state index is 0.120. The molecule has 0 saturated heterocycles. The second-order valence-corrected chi connectivity index (χ2v) is 7.30. The first-order chi connectivity index (χ1) is 12.8. The van der Waals surface area contributed by atoms with Gasteiger partial charge in [0.2, 0.25) is 5.91 Å². The smallest absolute Gasteiger partial charge is 0.331 e. The topological polar surface area (TPSA) is 143 Å². The van der Waals surface area contributed by atoms with E-state index in [9.17, 15) is 14.7 Å². The number of nitrogens with zero attached hydrogens (tertiary/aromatic N) is 1. The van der Waals surface area contributed by atoms with Crippen molar-refractivity contribution in [2.24, 2.45) is 22.4 Å². The molecule has 0 saturated carbocycles. The predicted octanol–water partition coefficient (Wildman–Crippen LogP) is 0.641. The number of nitrogens with one attached hydrogen (secondary N) is 2. The van der Waals surface area contributed by atoms with Crippen LogP contribution in [-0.4, -0.2) is 47.1 Å². The molecule has 0 heterocycles. The fraction of sp³-hybridized carbons (Fsp3) is 0.632. The molecule has 2 rings (SSSR count). The third-order valence-electron chi connectivity index (χ3n) is 5.30. The molecule has 0 aliphatic heterocycles. The lowest BCUT2D eigenvalue weighted by atomic mass is 9.82. The van der Waals surface area contributed by atoms with E-state index < -0.39 is 18.1 Å². The van der Waals surface area contributed by atoms with Crippen LogP contribution in [0.5, 0.6) is 0 Å². The molecule has 0 aromatic rings. The third kappa shape index (κ3) is 5.82. The monoisotopic (exact) mass is 377 g/mol. The van der Waals surface area contributed by atoms with E-state index in [4.69, 9.17) is 11.5 Å². The van der Waals surface area contributed by atoms with E-state index >= 15 is 0 Å². The normalized spacial score (nSPS) is 28.7. The number of nitrogens with two attached hydrogens (primary N) is 2. The van der Waals surface area contributed by atoms with E-state index in [1.165, 1.54) is 6.92 Å². The highest BCUT2D eigenvalue weighted by Gasteiger charge is 2.37.